The Morgan fingerprint density at radius 2 is 1.84 bits per heavy atom. The molecule has 1 saturated heterocycles. The minimum absolute atomic E-state index is 0.278. The number of aliphatic hydroxyl groups excluding tert-OH is 3. The van der Waals surface area contributed by atoms with Gasteiger partial charge in [-0.25, -0.2) is 0 Å². The van der Waals surface area contributed by atoms with E-state index < -0.39 is 37.3 Å². The summed E-state index contributed by atoms with van der Waals surface area (Å²) in [6.07, 6.45) is -4.16. The first-order valence-corrected chi connectivity index (χ1v) is 6.17. The van der Waals surface area contributed by atoms with E-state index in [-0.39, 0.29) is 6.61 Å². The standard InChI is InChI=1S/C13H19NO5/c14-10-12(17)11(16)9(6-15)19-13(10)18-7-8-4-2-1-3-5-8/h1-5,9-13,15-17H,6-7,14H2/t9-,10+,11-,12+,13-/m0/s1. The molecule has 1 heterocycles. The monoisotopic (exact) mass is 269 g/mol. The van der Waals surface area contributed by atoms with Crippen LogP contribution in [0.25, 0.3) is 0 Å². The summed E-state index contributed by atoms with van der Waals surface area (Å²) in [6, 6.07) is 8.59. The van der Waals surface area contributed by atoms with E-state index in [1.54, 1.807) is 0 Å². The van der Waals surface area contributed by atoms with Gasteiger partial charge in [0.25, 0.3) is 0 Å². The Bertz CT molecular complexity index is 386. The van der Waals surface area contributed by atoms with Crippen LogP contribution in [0.15, 0.2) is 30.3 Å². The van der Waals surface area contributed by atoms with Crippen molar-refractivity contribution in [3.05, 3.63) is 35.9 Å². The minimum Gasteiger partial charge on any atom is -0.394 e. The minimum atomic E-state index is -1.21. The highest BCUT2D eigenvalue weighted by atomic mass is 16.7. The molecule has 0 spiro atoms. The molecule has 1 aromatic rings. The van der Waals surface area contributed by atoms with Gasteiger partial charge in [-0.3, -0.25) is 0 Å². The van der Waals surface area contributed by atoms with Crippen LogP contribution < -0.4 is 5.73 Å². The number of nitrogens with two attached hydrogens (primary N) is 1. The lowest BCUT2D eigenvalue weighted by Gasteiger charge is -2.40. The van der Waals surface area contributed by atoms with E-state index in [2.05, 4.69) is 0 Å². The smallest absolute Gasteiger partial charge is 0.176 e. The molecule has 1 aromatic carbocycles. The van der Waals surface area contributed by atoms with Gasteiger partial charge in [0.1, 0.15) is 18.3 Å². The second-order valence-electron chi connectivity index (χ2n) is 4.58. The van der Waals surface area contributed by atoms with E-state index in [1.807, 2.05) is 30.3 Å². The Balaban J connectivity index is 1.95. The average molecular weight is 269 g/mol. The fourth-order valence-electron chi connectivity index (χ4n) is 2.01. The second kappa shape index (κ2) is 6.42. The van der Waals surface area contributed by atoms with Gasteiger partial charge < -0.3 is 30.5 Å². The summed E-state index contributed by atoms with van der Waals surface area (Å²) in [4.78, 5) is 0. The average Bonchev–Trinajstić information content (AvgIpc) is 2.45. The third kappa shape index (κ3) is 3.30. The SMILES string of the molecule is N[C@H]1[C@@H](OCc2ccccc2)O[C@@H](CO)[C@H](O)[C@@H]1O. The predicted molar refractivity (Wildman–Crippen MR) is 67.0 cm³/mol. The molecule has 0 radical (unpaired) electrons. The van der Waals surface area contributed by atoms with E-state index >= 15 is 0 Å². The summed E-state index contributed by atoms with van der Waals surface area (Å²) < 4.78 is 10.8. The molecule has 6 heteroatoms. The van der Waals surface area contributed by atoms with Gasteiger partial charge in [0.15, 0.2) is 6.29 Å². The third-order valence-electron chi connectivity index (χ3n) is 3.19. The van der Waals surface area contributed by atoms with Crippen LogP contribution in [-0.2, 0) is 16.1 Å². The van der Waals surface area contributed by atoms with Crippen molar-refractivity contribution in [2.24, 2.45) is 5.73 Å². The largest absolute Gasteiger partial charge is 0.394 e. The fourth-order valence-corrected chi connectivity index (χ4v) is 2.01. The van der Waals surface area contributed by atoms with Crippen LogP contribution in [0.3, 0.4) is 0 Å². The van der Waals surface area contributed by atoms with E-state index in [4.69, 9.17) is 20.3 Å². The van der Waals surface area contributed by atoms with Crippen LogP contribution in [0.1, 0.15) is 5.56 Å². The molecule has 1 aliphatic rings. The Hall–Kier alpha value is -1.02. The molecule has 0 amide bonds. The molecule has 0 bridgehead atoms. The summed E-state index contributed by atoms with van der Waals surface area (Å²) in [5.41, 5.74) is 6.70. The molecule has 1 fully saturated rings. The second-order valence-corrected chi connectivity index (χ2v) is 4.58. The summed E-state index contributed by atoms with van der Waals surface area (Å²) in [6.45, 7) is -0.129. The molecule has 106 valence electrons. The number of hydrogen-bond acceptors (Lipinski definition) is 6. The molecule has 0 aromatic heterocycles. The summed E-state index contributed by atoms with van der Waals surface area (Å²) >= 11 is 0. The maximum Gasteiger partial charge on any atom is 0.176 e. The molecule has 0 aliphatic carbocycles. The van der Waals surface area contributed by atoms with Gasteiger partial charge in [-0.15, -0.1) is 0 Å². The maximum absolute atomic E-state index is 9.77. The van der Waals surface area contributed by atoms with Crippen molar-refractivity contribution in [2.45, 2.75) is 37.3 Å². The lowest BCUT2D eigenvalue weighted by Crippen LogP contribution is -2.62. The lowest BCUT2D eigenvalue weighted by molar-refractivity contribution is -0.269. The Morgan fingerprint density at radius 1 is 1.16 bits per heavy atom. The molecule has 0 unspecified atom stereocenters. The summed E-state index contributed by atoms with van der Waals surface area (Å²) in [5.74, 6) is 0. The highest BCUT2D eigenvalue weighted by Crippen LogP contribution is 2.21. The molecule has 5 N–H and O–H groups in total. The molecular formula is C13H19NO5. The number of ether oxygens (including phenoxy) is 2. The van der Waals surface area contributed by atoms with Crippen LogP contribution >= 0.6 is 0 Å². The van der Waals surface area contributed by atoms with Gasteiger partial charge in [-0.05, 0) is 5.56 Å². The zero-order chi connectivity index (χ0) is 13.8. The van der Waals surface area contributed by atoms with Crippen molar-refractivity contribution in [3.63, 3.8) is 0 Å². The molecular weight excluding hydrogens is 250 g/mol. The van der Waals surface area contributed by atoms with Crippen molar-refractivity contribution < 1.29 is 24.8 Å². The molecule has 2 rings (SSSR count). The Kier molecular flexibility index (Phi) is 4.87. The van der Waals surface area contributed by atoms with Gasteiger partial charge in [-0.1, -0.05) is 30.3 Å². The van der Waals surface area contributed by atoms with Gasteiger partial charge in [0.05, 0.1) is 19.3 Å². The van der Waals surface area contributed by atoms with E-state index in [0.717, 1.165) is 5.56 Å². The predicted octanol–water partition coefficient (Wildman–Crippen LogP) is -1.03. The van der Waals surface area contributed by atoms with Crippen LogP contribution in [0.5, 0.6) is 0 Å². The van der Waals surface area contributed by atoms with Crippen molar-refractivity contribution in [1.82, 2.24) is 0 Å². The van der Waals surface area contributed by atoms with E-state index in [9.17, 15) is 10.2 Å². The van der Waals surface area contributed by atoms with Crippen molar-refractivity contribution in [1.29, 1.82) is 0 Å². The lowest BCUT2D eigenvalue weighted by atomic mass is 9.98. The normalized spacial score (nSPS) is 35.3. The molecule has 5 atom stereocenters. The number of rotatable bonds is 4. The first kappa shape index (κ1) is 14.4. The van der Waals surface area contributed by atoms with Crippen LogP contribution in [0.2, 0.25) is 0 Å². The zero-order valence-corrected chi connectivity index (χ0v) is 10.4. The number of hydrogen-bond donors (Lipinski definition) is 4. The van der Waals surface area contributed by atoms with E-state index in [0.29, 0.717) is 0 Å². The van der Waals surface area contributed by atoms with Crippen molar-refractivity contribution >= 4 is 0 Å². The molecule has 0 saturated carbocycles. The third-order valence-corrected chi connectivity index (χ3v) is 3.19. The summed E-state index contributed by atoms with van der Waals surface area (Å²) in [7, 11) is 0. The van der Waals surface area contributed by atoms with Gasteiger partial charge in [0.2, 0.25) is 0 Å². The number of benzene rings is 1. The Labute approximate surface area is 111 Å². The van der Waals surface area contributed by atoms with Gasteiger partial charge in [-0.2, -0.15) is 0 Å². The molecule has 6 nitrogen and oxygen atoms in total. The first-order chi connectivity index (χ1) is 9.13. The van der Waals surface area contributed by atoms with Crippen LogP contribution in [0.4, 0.5) is 0 Å². The molecule has 19 heavy (non-hydrogen) atoms. The Morgan fingerprint density at radius 3 is 2.47 bits per heavy atom. The zero-order valence-electron chi connectivity index (χ0n) is 10.4. The van der Waals surface area contributed by atoms with Crippen LogP contribution in [0, 0.1) is 0 Å². The van der Waals surface area contributed by atoms with Crippen molar-refractivity contribution in [2.75, 3.05) is 6.61 Å². The van der Waals surface area contributed by atoms with Crippen molar-refractivity contribution in [3.8, 4) is 0 Å². The highest BCUT2D eigenvalue weighted by molar-refractivity contribution is 5.13. The molecule has 1 aliphatic heterocycles. The fraction of sp³-hybridized carbons (Fsp3) is 0.538. The maximum atomic E-state index is 9.77. The number of aliphatic hydroxyl groups is 3. The topological polar surface area (TPSA) is 105 Å². The van der Waals surface area contributed by atoms with Crippen LogP contribution in [-0.4, -0.2) is 52.6 Å². The highest BCUT2D eigenvalue weighted by Gasteiger charge is 2.42. The van der Waals surface area contributed by atoms with Gasteiger partial charge >= 0.3 is 0 Å². The first-order valence-electron chi connectivity index (χ1n) is 6.17. The summed E-state index contributed by atoms with van der Waals surface area (Å²) in [5, 5.41) is 28.5. The van der Waals surface area contributed by atoms with Gasteiger partial charge in [0, 0.05) is 0 Å². The van der Waals surface area contributed by atoms with E-state index in [1.165, 1.54) is 0 Å². The quantitative estimate of drug-likeness (QED) is 0.557.